The van der Waals surface area contributed by atoms with Crippen LogP contribution in [0.15, 0.2) is 36.5 Å². The number of carbonyl (C=O) groups is 1. The van der Waals surface area contributed by atoms with Gasteiger partial charge < -0.3 is 15.2 Å². The fourth-order valence-electron chi connectivity index (χ4n) is 3.21. The Hall–Kier alpha value is -2.32. The highest BCUT2D eigenvalue weighted by atomic mass is 35.5. The van der Waals surface area contributed by atoms with Gasteiger partial charge in [0.2, 0.25) is 5.88 Å². The fraction of sp³-hybridized carbons (Fsp3) is 0.400. The Kier molecular flexibility index (Phi) is 6.64. The average molecular weight is 429 g/mol. The van der Waals surface area contributed by atoms with Gasteiger partial charge in [0.05, 0.1) is 17.7 Å². The molecule has 1 aliphatic carbocycles. The highest BCUT2D eigenvalue weighted by molar-refractivity contribution is 6.30. The topological polar surface area (TPSA) is 71.5 Å². The van der Waals surface area contributed by atoms with E-state index in [-0.39, 0.29) is 23.0 Å². The summed E-state index contributed by atoms with van der Waals surface area (Å²) in [6.45, 7) is -1.50. The molecule has 1 heterocycles. The van der Waals surface area contributed by atoms with Crippen LogP contribution in [0.3, 0.4) is 0 Å². The third-order valence-electron chi connectivity index (χ3n) is 4.69. The molecule has 0 bridgehead atoms. The first-order valence-corrected chi connectivity index (χ1v) is 9.55. The maximum absolute atomic E-state index is 12.6. The molecule has 1 saturated carbocycles. The summed E-state index contributed by atoms with van der Waals surface area (Å²) in [5.74, 6) is -0.695. The van der Waals surface area contributed by atoms with Crippen LogP contribution in [0.1, 0.15) is 36.0 Å². The molecule has 29 heavy (non-hydrogen) atoms. The minimum Gasteiger partial charge on any atom is -0.468 e. The lowest BCUT2D eigenvalue weighted by atomic mass is 9.92. The minimum atomic E-state index is -4.52. The number of ether oxygens (including phenoxy) is 1. The monoisotopic (exact) mass is 428 g/mol. The highest BCUT2D eigenvalue weighted by Crippen LogP contribution is 2.31. The summed E-state index contributed by atoms with van der Waals surface area (Å²) in [6, 6.07) is 7.42. The first-order valence-electron chi connectivity index (χ1n) is 9.17. The third-order valence-corrected chi connectivity index (χ3v) is 4.94. The molecule has 2 atom stereocenters. The molecule has 2 aromatic rings. The van der Waals surface area contributed by atoms with Crippen LogP contribution in [0.5, 0.6) is 5.88 Å². The van der Waals surface area contributed by atoms with Gasteiger partial charge in [-0.15, -0.1) is 0 Å². The number of halogens is 4. The number of alkyl halides is 3. The number of aliphatic hydroxyl groups excluding tert-OH is 1. The van der Waals surface area contributed by atoms with Gasteiger partial charge in [-0.2, -0.15) is 13.2 Å². The lowest BCUT2D eigenvalue weighted by Gasteiger charge is -2.28. The summed E-state index contributed by atoms with van der Waals surface area (Å²) in [6.07, 6.45) is -0.894. The van der Waals surface area contributed by atoms with E-state index in [9.17, 15) is 23.1 Å². The van der Waals surface area contributed by atoms with Crippen LogP contribution in [-0.4, -0.2) is 40.9 Å². The number of aromatic nitrogens is 1. The molecule has 5 nitrogen and oxygen atoms in total. The van der Waals surface area contributed by atoms with E-state index in [1.54, 1.807) is 24.3 Å². The van der Waals surface area contributed by atoms with Gasteiger partial charge >= 0.3 is 6.18 Å². The predicted molar refractivity (Wildman–Crippen MR) is 102 cm³/mol. The lowest BCUT2D eigenvalue weighted by molar-refractivity contribution is -0.154. The largest absolute Gasteiger partial charge is 0.468 e. The Labute approximate surface area is 170 Å². The van der Waals surface area contributed by atoms with E-state index in [1.807, 2.05) is 0 Å². The molecule has 1 amide bonds. The quantitative estimate of drug-likeness (QED) is 0.741. The van der Waals surface area contributed by atoms with E-state index in [0.717, 1.165) is 19.0 Å². The van der Waals surface area contributed by atoms with E-state index < -0.39 is 24.8 Å². The van der Waals surface area contributed by atoms with E-state index in [1.165, 1.54) is 6.07 Å². The van der Waals surface area contributed by atoms with Gasteiger partial charge in [-0.3, -0.25) is 4.79 Å². The van der Waals surface area contributed by atoms with Crippen molar-refractivity contribution < 1.29 is 27.8 Å². The SMILES string of the molecule is O=C(NC1CCCCC1O)c1cnc(OCC(F)(F)F)c(-c2ccc(Cl)cc2)c1. The van der Waals surface area contributed by atoms with Crippen LogP contribution in [-0.2, 0) is 0 Å². The Morgan fingerprint density at radius 1 is 1.24 bits per heavy atom. The zero-order chi connectivity index (χ0) is 21.0. The average Bonchev–Trinajstić information content (AvgIpc) is 2.68. The molecule has 1 aromatic carbocycles. The van der Waals surface area contributed by atoms with Gasteiger partial charge in [0.15, 0.2) is 6.61 Å². The second-order valence-corrected chi connectivity index (χ2v) is 7.36. The molecule has 1 fully saturated rings. The third kappa shape index (κ3) is 5.83. The number of hydrogen-bond donors (Lipinski definition) is 2. The first kappa shape index (κ1) is 21.4. The molecule has 0 spiro atoms. The van der Waals surface area contributed by atoms with Crippen LogP contribution in [0.25, 0.3) is 11.1 Å². The van der Waals surface area contributed by atoms with Crippen LogP contribution < -0.4 is 10.1 Å². The van der Waals surface area contributed by atoms with Gasteiger partial charge in [-0.1, -0.05) is 36.6 Å². The van der Waals surface area contributed by atoms with Gasteiger partial charge in [-0.05, 0) is 36.6 Å². The molecular weight excluding hydrogens is 409 g/mol. The van der Waals surface area contributed by atoms with Gasteiger partial charge in [0.1, 0.15) is 0 Å². The second kappa shape index (κ2) is 9.00. The van der Waals surface area contributed by atoms with Crippen LogP contribution in [0.4, 0.5) is 13.2 Å². The van der Waals surface area contributed by atoms with Gasteiger partial charge in [0, 0.05) is 16.8 Å². The normalized spacial score (nSPS) is 19.6. The van der Waals surface area contributed by atoms with E-state index >= 15 is 0 Å². The van der Waals surface area contributed by atoms with Crippen molar-refractivity contribution >= 4 is 17.5 Å². The highest BCUT2D eigenvalue weighted by Gasteiger charge is 2.30. The van der Waals surface area contributed by atoms with E-state index in [0.29, 0.717) is 23.4 Å². The zero-order valence-corrected chi connectivity index (χ0v) is 16.1. The van der Waals surface area contributed by atoms with E-state index in [4.69, 9.17) is 16.3 Å². The number of pyridine rings is 1. The number of benzene rings is 1. The summed E-state index contributed by atoms with van der Waals surface area (Å²) in [5, 5.41) is 13.3. The predicted octanol–water partition coefficient (Wildman–Crippen LogP) is 4.38. The zero-order valence-electron chi connectivity index (χ0n) is 15.4. The number of carbonyl (C=O) groups excluding carboxylic acids is 1. The number of rotatable bonds is 5. The smallest absolute Gasteiger partial charge is 0.422 e. The summed E-state index contributed by atoms with van der Waals surface area (Å²) in [4.78, 5) is 16.6. The number of nitrogens with one attached hydrogen (secondary N) is 1. The molecule has 0 saturated heterocycles. The molecule has 3 rings (SSSR count). The van der Waals surface area contributed by atoms with Crippen molar-refractivity contribution in [2.75, 3.05) is 6.61 Å². The molecular formula is C20H20ClF3N2O3. The fourth-order valence-corrected chi connectivity index (χ4v) is 3.34. The van der Waals surface area contributed by atoms with Crippen molar-refractivity contribution in [3.63, 3.8) is 0 Å². The summed E-state index contributed by atoms with van der Waals surface area (Å²) in [5.41, 5.74) is 0.904. The van der Waals surface area contributed by atoms with Crippen LogP contribution in [0, 0.1) is 0 Å². The minimum absolute atomic E-state index is 0.159. The molecule has 0 aliphatic heterocycles. The summed E-state index contributed by atoms with van der Waals surface area (Å²) >= 11 is 5.88. The van der Waals surface area contributed by atoms with Crippen molar-refractivity contribution in [1.29, 1.82) is 0 Å². The second-order valence-electron chi connectivity index (χ2n) is 6.92. The Morgan fingerprint density at radius 2 is 1.93 bits per heavy atom. The number of aliphatic hydroxyl groups is 1. The number of hydrogen-bond acceptors (Lipinski definition) is 4. The van der Waals surface area contributed by atoms with E-state index in [2.05, 4.69) is 10.3 Å². The maximum atomic E-state index is 12.6. The number of amides is 1. The van der Waals surface area contributed by atoms with Crippen LogP contribution >= 0.6 is 11.6 Å². The Balaban J connectivity index is 1.87. The van der Waals surface area contributed by atoms with Crippen molar-refractivity contribution in [3.8, 4) is 17.0 Å². The molecule has 1 aliphatic rings. The van der Waals surface area contributed by atoms with Crippen molar-refractivity contribution in [3.05, 3.63) is 47.1 Å². The summed E-state index contributed by atoms with van der Waals surface area (Å²) in [7, 11) is 0. The lowest BCUT2D eigenvalue weighted by Crippen LogP contribution is -2.45. The Bertz CT molecular complexity index is 859. The number of nitrogens with zero attached hydrogens (tertiary/aromatic N) is 1. The van der Waals surface area contributed by atoms with Gasteiger partial charge in [0.25, 0.3) is 5.91 Å². The standard InChI is InChI=1S/C20H20ClF3N2O3/c21-14-7-5-12(6-8-14)15-9-13(10-25-19(15)29-11-20(22,23)24)18(28)26-16-3-1-2-4-17(16)27/h5-10,16-17,27H,1-4,11H2,(H,26,28). The molecule has 156 valence electrons. The molecule has 2 unspecified atom stereocenters. The first-order chi connectivity index (χ1) is 13.7. The Morgan fingerprint density at radius 3 is 2.59 bits per heavy atom. The van der Waals surface area contributed by atoms with Crippen molar-refractivity contribution in [1.82, 2.24) is 10.3 Å². The van der Waals surface area contributed by atoms with Crippen molar-refractivity contribution in [2.24, 2.45) is 0 Å². The van der Waals surface area contributed by atoms with Crippen LogP contribution in [0.2, 0.25) is 5.02 Å². The van der Waals surface area contributed by atoms with Crippen molar-refractivity contribution in [2.45, 2.75) is 44.0 Å². The molecule has 9 heteroatoms. The molecule has 2 N–H and O–H groups in total. The van der Waals surface area contributed by atoms with Gasteiger partial charge in [-0.25, -0.2) is 4.98 Å². The maximum Gasteiger partial charge on any atom is 0.422 e. The summed E-state index contributed by atoms with van der Waals surface area (Å²) < 4.78 is 42.6. The molecule has 0 radical (unpaired) electrons. The molecule has 1 aromatic heterocycles.